The van der Waals surface area contributed by atoms with Gasteiger partial charge in [0.15, 0.2) is 0 Å². The van der Waals surface area contributed by atoms with Gasteiger partial charge >= 0.3 is 0 Å². The molecule has 0 fully saturated rings. The van der Waals surface area contributed by atoms with Crippen molar-refractivity contribution >= 4 is 15.7 Å². The van der Waals surface area contributed by atoms with Crippen molar-refractivity contribution in [3.63, 3.8) is 0 Å². The summed E-state index contributed by atoms with van der Waals surface area (Å²) in [7, 11) is -3.39. The first kappa shape index (κ1) is 16.8. The molecular weight excluding hydrogens is 276 g/mol. The summed E-state index contributed by atoms with van der Waals surface area (Å²) < 4.78 is 32.3. The van der Waals surface area contributed by atoms with Crippen LogP contribution in [0, 0.1) is 0 Å². The van der Waals surface area contributed by atoms with Crippen molar-refractivity contribution in [2.75, 3.05) is 24.4 Å². The van der Waals surface area contributed by atoms with Gasteiger partial charge in [0.05, 0.1) is 17.5 Å². The molecule has 114 valence electrons. The number of sulfonamides is 1. The Bertz CT molecular complexity index is 503. The van der Waals surface area contributed by atoms with E-state index in [-0.39, 0.29) is 0 Å². The Morgan fingerprint density at radius 1 is 1.30 bits per heavy atom. The maximum atomic E-state index is 12.2. The Hall–Kier alpha value is -1.27. The third-order valence-corrected chi connectivity index (χ3v) is 4.54. The molecule has 0 aromatic heterocycles. The molecule has 1 rings (SSSR count). The minimum absolute atomic E-state index is 0.439. The third-order valence-electron chi connectivity index (χ3n) is 2.79. The van der Waals surface area contributed by atoms with Crippen LogP contribution in [0.25, 0.3) is 0 Å². The molecule has 0 heterocycles. The van der Waals surface area contributed by atoms with Crippen molar-refractivity contribution in [1.29, 1.82) is 0 Å². The van der Waals surface area contributed by atoms with E-state index >= 15 is 0 Å². The van der Waals surface area contributed by atoms with Crippen LogP contribution in [0.3, 0.4) is 0 Å². The summed E-state index contributed by atoms with van der Waals surface area (Å²) in [4.78, 5) is 0. The molecule has 0 aliphatic heterocycles. The molecule has 0 saturated carbocycles. The van der Waals surface area contributed by atoms with Crippen LogP contribution in [0.1, 0.15) is 27.2 Å². The Morgan fingerprint density at radius 3 is 2.70 bits per heavy atom. The molecule has 5 nitrogen and oxygen atoms in total. The van der Waals surface area contributed by atoms with Gasteiger partial charge in [-0.25, -0.2) is 8.42 Å². The lowest BCUT2D eigenvalue weighted by Gasteiger charge is -2.16. The number of anilines is 1. The van der Waals surface area contributed by atoms with Crippen LogP contribution < -0.4 is 14.8 Å². The summed E-state index contributed by atoms with van der Waals surface area (Å²) in [6, 6.07) is 6.97. The fraction of sp³-hybridized carbons (Fsp3) is 0.571. The van der Waals surface area contributed by atoms with E-state index in [0.29, 0.717) is 24.6 Å². The highest BCUT2D eigenvalue weighted by Gasteiger charge is 2.20. The Kier molecular flexibility index (Phi) is 6.81. The first-order valence-electron chi connectivity index (χ1n) is 6.94. The van der Waals surface area contributed by atoms with Crippen LogP contribution in [0.4, 0.5) is 5.69 Å². The fourth-order valence-electron chi connectivity index (χ4n) is 1.67. The van der Waals surface area contributed by atoms with Gasteiger partial charge in [-0.3, -0.25) is 4.72 Å². The minimum atomic E-state index is -3.39. The van der Waals surface area contributed by atoms with Crippen LogP contribution in [-0.4, -0.2) is 33.4 Å². The van der Waals surface area contributed by atoms with Gasteiger partial charge in [0, 0.05) is 12.6 Å². The monoisotopic (exact) mass is 300 g/mol. The minimum Gasteiger partial charge on any atom is -0.494 e. The van der Waals surface area contributed by atoms with Gasteiger partial charge in [-0.1, -0.05) is 13.0 Å². The van der Waals surface area contributed by atoms with E-state index in [1.165, 1.54) is 0 Å². The zero-order chi connectivity index (χ0) is 15.0. The first-order chi connectivity index (χ1) is 9.49. The van der Waals surface area contributed by atoms with Crippen molar-refractivity contribution in [3.8, 4) is 5.75 Å². The van der Waals surface area contributed by atoms with E-state index in [1.54, 1.807) is 31.2 Å². The quantitative estimate of drug-likeness (QED) is 0.686. The Morgan fingerprint density at radius 2 is 2.05 bits per heavy atom. The van der Waals surface area contributed by atoms with Crippen molar-refractivity contribution < 1.29 is 13.2 Å². The topological polar surface area (TPSA) is 67.4 Å². The molecule has 0 saturated heterocycles. The number of benzene rings is 1. The Balaban J connectivity index is 2.67. The number of hydrogen-bond acceptors (Lipinski definition) is 4. The second-order valence-electron chi connectivity index (χ2n) is 4.62. The molecule has 1 atom stereocenters. The van der Waals surface area contributed by atoms with Gasteiger partial charge in [-0.2, -0.15) is 0 Å². The summed E-state index contributed by atoms with van der Waals surface area (Å²) in [5, 5.41) is 2.62. The standard InChI is InChI=1S/C14H24N2O3S/c1-4-9-15-11-12(3)20(17,18)16-13-7-6-8-14(10-13)19-5-2/h6-8,10,12,15-16H,4-5,9,11H2,1-3H3. The summed E-state index contributed by atoms with van der Waals surface area (Å²) in [5.74, 6) is 0.657. The molecule has 0 radical (unpaired) electrons. The van der Waals surface area contributed by atoms with E-state index in [9.17, 15) is 8.42 Å². The van der Waals surface area contributed by atoms with E-state index in [0.717, 1.165) is 13.0 Å². The molecule has 6 heteroatoms. The summed E-state index contributed by atoms with van der Waals surface area (Å²) in [6.45, 7) is 7.43. The van der Waals surface area contributed by atoms with E-state index < -0.39 is 15.3 Å². The highest BCUT2D eigenvalue weighted by Crippen LogP contribution is 2.19. The molecule has 20 heavy (non-hydrogen) atoms. The summed E-state index contributed by atoms with van der Waals surface area (Å²) >= 11 is 0. The lowest BCUT2D eigenvalue weighted by Crippen LogP contribution is -2.35. The van der Waals surface area contributed by atoms with Crippen molar-refractivity contribution in [2.45, 2.75) is 32.4 Å². The first-order valence-corrected chi connectivity index (χ1v) is 8.49. The highest BCUT2D eigenvalue weighted by molar-refractivity contribution is 7.93. The van der Waals surface area contributed by atoms with Crippen molar-refractivity contribution in [2.24, 2.45) is 0 Å². The average Bonchev–Trinajstić information content (AvgIpc) is 2.39. The van der Waals surface area contributed by atoms with Crippen LogP contribution in [0.15, 0.2) is 24.3 Å². The Labute approximate surface area is 121 Å². The lowest BCUT2D eigenvalue weighted by atomic mass is 10.3. The molecular formula is C14H24N2O3S. The van der Waals surface area contributed by atoms with Gasteiger partial charge < -0.3 is 10.1 Å². The third kappa shape index (κ3) is 5.38. The lowest BCUT2D eigenvalue weighted by molar-refractivity contribution is 0.340. The molecule has 0 amide bonds. The number of hydrogen-bond donors (Lipinski definition) is 2. The molecule has 2 N–H and O–H groups in total. The predicted molar refractivity (Wildman–Crippen MR) is 82.8 cm³/mol. The van der Waals surface area contributed by atoms with Gasteiger partial charge in [0.1, 0.15) is 5.75 Å². The predicted octanol–water partition coefficient (Wildman–Crippen LogP) is 2.22. The SMILES string of the molecule is CCCNCC(C)S(=O)(=O)Nc1cccc(OCC)c1. The second-order valence-corrected chi connectivity index (χ2v) is 6.72. The molecule has 0 spiro atoms. The van der Waals surface area contributed by atoms with E-state index in [2.05, 4.69) is 10.0 Å². The maximum absolute atomic E-state index is 12.2. The highest BCUT2D eigenvalue weighted by atomic mass is 32.2. The zero-order valence-electron chi connectivity index (χ0n) is 12.3. The van der Waals surface area contributed by atoms with Crippen molar-refractivity contribution in [1.82, 2.24) is 5.32 Å². The normalized spacial score (nSPS) is 12.9. The van der Waals surface area contributed by atoms with Crippen LogP contribution in [-0.2, 0) is 10.0 Å². The van der Waals surface area contributed by atoms with Gasteiger partial charge in [-0.05, 0) is 38.9 Å². The fourth-order valence-corrected chi connectivity index (χ4v) is 2.67. The molecule has 0 bridgehead atoms. The van der Waals surface area contributed by atoms with Crippen LogP contribution >= 0.6 is 0 Å². The number of rotatable bonds is 9. The van der Waals surface area contributed by atoms with Gasteiger partial charge in [-0.15, -0.1) is 0 Å². The van der Waals surface area contributed by atoms with Crippen LogP contribution in [0.5, 0.6) is 5.75 Å². The molecule has 1 unspecified atom stereocenters. The maximum Gasteiger partial charge on any atom is 0.236 e. The summed E-state index contributed by atoms with van der Waals surface area (Å²) in [5.41, 5.74) is 0.526. The smallest absolute Gasteiger partial charge is 0.236 e. The van der Waals surface area contributed by atoms with Crippen molar-refractivity contribution in [3.05, 3.63) is 24.3 Å². The van der Waals surface area contributed by atoms with E-state index in [1.807, 2.05) is 13.8 Å². The molecule has 0 aliphatic carbocycles. The van der Waals surface area contributed by atoms with Crippen LogP contribution in [0.2, 0.25) is 0 Å². The summed E-state index contributed by atoms with van der Waals surface area (Å²) in [6.07, 6.45) is 0.983. The molecule has 1 aromatic rings. The largest absolute Gasteiger partial charge is 0.494 e. The molecule has 0 aliphatic rings. The average molecular weight is 300 g/mol. The second kappa shape index (κ2) is 8.11. The zero-order valence-corrected chi connectivity index (χ0v) is 13.2. The van der Waals surface area contributed by atoms with E-state index in [4.69, 9.17) is 4.74 Å². The number of ether oxygens (including phenoxy) is 1. The number of nitrogens with one attached hydrogen (secondary N) is 2. The van der Waals surface area contributed by atoms with Gasteiger partial charge in [0.25, 0.3) is 0 Å². The molecule has 1 aromatic carbocycles. The van der Waals surface area contributed by atoms with Gasteiger partial charge in [0.2, 0.25) is 10.0 Å².